The lowest BCUT2D eigenvalue weighted by molar-refractivity contribution is 0.0220. The van der Waals surface area contributed by atoms with Crippen LogP contribution in [-0.2, 0) is 17.6 Å². The summed E-state index contributed by atoms with van der Waals surface area (Å²) in [6, 6.07) is 9.22. The normalized spacial score (nSPS) is 22.9. The summed E-state index contributed by atoms with van der Waals surface area (Å²) in [5, 5.41) is 3.39. The van der Waals surface area contributed by atoms with Crippen molar-refractivity contribution in [2.24, 2.45) is 0 Å². The second-order valence-electron chi connectivity index (χ2n) is 5.62. The molecule has 2 aliphatic rings. The Morgan fingerprint density at radius 1 is 1.20 bits per heavy atom. The summed E-state index contributed by atoms with van der Waals surface area (Å²) in [4.78, 5) is 4.36. The lowest BCUT2D eigenvalue weighted by Gasteiger charge is -2.26. The van der Waals surface area contributed by atoms with Crippen LogP contribution in [0.3, 0.4) is 0 Å². The Balaban J connectivity index is 1.60. The Morgan fingerprint density at radius 2 is 2.00 bits per heavy atom. The van der Waals surface area contributed by atoms with E-state index in [1.807, 2.05) is 12.5 Å². The number of morpholine rings is 1. The van der Waals surface area contributed by atoms with Gasteiger partial charge >= 0.3 is 0 Å². The molecule has 1 fully saturated rings. The van der Waals surface area contributed by atoms with Gasteiger partial charge in [-0.05, 0) is 24.0 Å². The first-order chi connectivity index (χ1) is 9.92. The summed E-state index contributed by atoms with van der Waals surface area (Å²) in [6.07, 6.45) is 6.25. The molecular formula is C16H19N3O. The van der Waals surface area contributed by atoms with E-state index in [9.17, 15) is 0 Å². The van der Waals surface area contributed by atoms with Gasteiger partial charge in [-0.25, -0.2) is 4.98 Å². The Kier molecular flexibility index (Phi) is 3.05. The minimum Gasteiger partial charge on any atom is -0.369 e. The van der Waals surface area contributed by atoms with Crippen molar-refractivity contribution >= 4 is 0 Å². The van der Waals surface area contributed by atoms with Crippen molar-refractivity contribution in [3.05, 3.63) is 53.6 Å². The van der Waals surface area contributed by atoms with Crippen molar-refractivity contribution in [3.8, 4) is 0 Å². The van der Waals surface area contributed by atoms with Gasteiger partial charge in [0.25, 0.3) is 0 Å². The first-order valence-corrected chi connectivity index (χ1v) is 7.32. The molecule has 1 aromatic carbocycles. The lowest BCUT2D eigenvalue weighted by Crippen LogP contribution is -2.34. The summed E-state index contributed by atoms with van der Waals surface area (Å²) in [7, 11) is 0. The van der Waals surface area contributed by atoms with Gasteiger partial charge in [-0.15, -0.1) is 0 Å². The number of nitrogens with one attached hydrogen (secondary N) is 1. The van der Waals surface area contributed by atoms with Gasteiger partial charge in [-0.1, -0.05) is 24.3 Å². The van der Waals surface area contributed by atoms with E-state index >= 15 is 0 Å². The smallest absolute Gasteiger partial charge is 0.111 e. The summed E-state index contributed by atoms with van der Waals surface area (Å²) < 4.78 is 8.19. The first-order valence-electron chi connectivity index (χ1n) is 7.32. The number of hydrogen-bond donors (Lipinski definition) is 1. The number of nitrogens with zero attached hydrogens (tertiary/aromatic N) is 2. The maximum atomic E-state index is 5.88. The molecule has 1 aliphatic heterocycles. The van der Waals surface area contributed by atoms with Crippen LogP contribution in [0.25, 0.3) is 0 Å². The van der Waals surface area contributed by atoms with Crippen LogP contribution in [0.4, 0.5) is 0 Å². The van der Waals surface area contributed by atoms with E-state index < -0.39 is 0 Å². The van der Waals surface area contributed by atoms with Crippen LogP contribution in [0.2, 0.25) is 0 Å². The molecule has 0 saturated carbocycles. The Labute approximate surface area is 118 Å². The highest BCUT2D eigenvalue weighted by atomic mass is 16.5. The zero-order valence-corrected chi connectivity index (χ0v) is 11.5. The van der Waals surface area contributed by atoms with Gasteiger partial charge in [0.1, 0.15) is 6.10 Å². The molecule has 20 heavy (non-hydrogen) atoms. The van der Waals surface area contributed by atoms with Crippen LogP contribution in [0.1, 0.15) is 29.0 Å². The molecular weight excluding hydrogens is 250 g/mol. The number of ether oxygens (including phenoxy) is 1. The van der Waals surface area contributed by atoms with Gasteiger partial charge in [0, 0.05) is 19.1 Å². The number of rotatable bonds is 2. The SMILES string of the molecule is c1ccc2c(c1)CC(n1cncc1C1CNCCO1)C2. The van der Waals surface area contributed by atoms with Crippen LogP contribution < -0.4 is 5.32 Å². The Morgan fingerprint density at radius 3 is 2.70 bits per heavy atom. The van der Waals surface area contributed by atoms with E-state index in [4.69, 9.17) is 4.74 Å². The quantitative estimate of drug-likeness (QED) is 0.905. The number of imidazole rings is 1. The van der Waals surface area contributed by atoms with Crippen molar-refractivity contribution < 1.29 is 4.74 Å². The molecule has 1 atom stereocenters. The van der Waals surface area contributed by atoms with E-state index in [1.165, 1.54) is 16.8 Å². The van der Waals surface area contributed by atoms with Crippen LogP contribution >= 0.6 is 0 Å². The number of benzene rings is 1. The van der Waals surface area contributed by atoms with Crippen molar-refractivity contribution in [2.75, 3.05) is 19.7 Å². The fourth-order valence-corrected chi connectivity index (χ4v) is 3.36. The fourth-order valence-electron chi connectivity index (χ4n) is 3.36. The molecule has 2 heterocycles. The molecule has 1 N–H and O–H groups in total. The van der Waals surface area contributed by atoms with Crippen LogP contribution in [-0.4, -0.2) is 29.2 Å². The minimum absolute atomic E-state index is 0.134. The van der Waals surface area contributed by atoms with Gasteiger partial charge < -0.3 is 14.6 Å². The van der Waals surface area contributed by atoms with Gasteiger partial charge in [0.05, 0.1) is 24.8 Å². The third kappa shape index (κ3) is 2.05. The molecule has 0 spiro atoms. The molecule has 0 amide bonds. The zero-order valence-electron chi connectivity index (χ0n) is 11.5. The number of fused-ring (bicyclic) bond motifs is 1. The van der Waals surface area contributed by atoms with E-state index in [-0.39, 0.29) is 6.10 Å². The third-order valence-electron chi connectivity index (χ3n) is 4.38. The summed E-state index contributed by atoms with van der Waals surface area (Å²) in [6.45, 7) is 2.60. The standard InChI is InChI=1S/C16H19N3O/c1-2-4-13-8-14(7-12(13)3-1)19-11-18-9-15(19)16-10-17-5-6-20-16/h1-4,9,11,14,16-17H,5-8,10H2. The molecule has 104 valence electrons. The van der Waals surface area contributed by atoms with E-state index in [1.54, 1.807) is 0 Å². The van der Waals surface area contributed by atoms with Crippen molar-refractivity contribution in [3.63, 3.8) is 0 Å². The molecule has 0 radical (unpaired) electrons. The highest BCUT2D eigenvalue weighted by molar-refractivity contribution is 5.33. The van der Waals surface area contributed by atoms with Crippen molar-refractivity contribution in [1.29, 1.82) is 0 Å². The second-order valence-corrected chi connectivity index (χ2v) is 5.62. The molecule has 4 nitrogen and oxygen atoms in total. The molecule has 1 aromatic heterocycles. The van der Waals surface area contributed by atoms with E-state index in [0.29, 0.717) is 6.04 Å². The molecule has 1 saturated heterocycles. The number of aromatic nitrogens is 2. The first kappa shape index (κ1) is 12.1. The predicted octanol–water partition coefficient (Wildman–Crippen LogP) is 1.88. The monoisotopic (exact) mass is 269 g/mol. The summed E-state index contributed by atoms with van der Waals surface area (Å²) in [5.74, 6) is 0. The van der Waals surface area contributed by atoms with Crippen LogP contribution in [0.5, 0.6) is 0 Å². The van der Waals surface area contributed by atoms with Gasteiger partial charge in [-0.2, -0.15) is 0 Å². The Hall–Kier alpha value is -1.65. The van der Waals surface area contributed by atoms with Gasteiger partial charge in [0.15, 0.2) is 0 Å². The minimum atomic E-state index is 0.134. The average Bonchev–Trinajstić information content (AvgIpc) is 3.14. The second kappa shape index (κ2) is 5.04. The summed E-state index contributed by atoms with van der Waals surface area (Å²) >= 11 is 0. The molecule has 0 bridgehead atoms. The van der Waals surface area contributed by atoms with Crippen molar-refractivity contribution in [2.45, 2.75) is 25.0 Å². The topological polar surface area (TPSA) is 39.1 Å². The molecule has 1 unspecified atom stereocenters. The highest BCUT2D eigenvalue weighted by Crippen LogP contribution is 2.32. The molecule has 2 aromatic rings. The highest BCUT2D eigenvalue weighted by Gasteiger charge is 2.27. The van der Waals surface area contributed by atoms with Crippen LogP contribution in [0.15, 0.2) is 36.8 Å². The summed E-state index contributed by atoms with van der Waals surface area (Å²) in [5.41, 5.74) is 4.15. The largest absolute Gasteiger partial charge is 0.369 e. The fraction of sp³-hybridized carbons (Fsp3) is 0.438. The molecule has 4 heteroatoms. The zero-order chi connectivity index (χ0) is 13.4. The van der Waals surface area contributed by atoms with Crippen LogP contribution in [0, 0.1) is 0 Å². The van der Waals surface area contributed by atoms with E-state index in [2.05, 4.69) is 39.1 Å². The van der Waals surface area contributed by atoms with E-state index in [0.717, 1.165) is 32.5 Å². The molecule has 1 aliphatic carbocycles. The maximum absolute atomic E-state index is 5.88. The van der Waals surface area contributed by atoms with Gasteiger partial charge in [-0.3, -0.25) is 0 Å². The van der Waals surface area contributed by atoms with Gasteiger partial charge in [0.2, 0.25) is 0 Å². The predicted molar refractivity (Wildman–Crippen MR) is 76.7 cm³/mol. The Bertz CT molecular complexity index is 576. The lowest BCUT2D eigenvalue weighted by atomic mass is 10.1. The average molecular weight is 269 g/mol. The molecule has 4 rings (SSSR count). The third-order valence-corrected chi connectivity index (χ3v) is 4.38. The van der Waals surface area contributed by atoms with Crippen molar-refractivity contribution in [1.82, 2.24) is 14.9 Å². The number of hydrogen-bond acceptors (Lipinski definition) is 3. The maximum Gasteiger partial charge on any atom is 0.111 e.